The molecule has 2 rings (SSSR count). The largest absolute Gasteiger partial charge is 0.492 e. The minimum Gasteiger partial charge on any atom is -0.492 e. The van der Waals surface area contributed by atoms with Crippen LogP contribution in [0.4, 0.5) is 5.69 Å². The Bertz CT molecular complexity index is 594. The number of carbonyl (C=O) groups is 1. The third kappa shape index (κ3) is 6.49. The number of anilines is 1. The Morgan fingerprint density at radius 2 is 2.32 bits per heavy atom. The van der Waals surface area contributed by atoms with Crippen LogP contribution in [0, 0.1) is 0 Å². The van der Waals surface area contributed by atoms with Crippen molar-refractivity contribution in [2.45, 2.75) is 25.5 Å². The molecule has 1 saturated heterocycles. The van der Waals surface area contributed by atoms with Crippen molar-refractivity contribution in [3.8, 4) is 5.75 Å². The molecule has 1 aromatic rings. The standard InChI is InChI=1S/C18H28N4O2S/c1-4-17-13-22(9-11-25-17)18(19-3)20-8-10-24-16-7-5-6-15(12-16)21-14(2)23/h5-7,12,17H,4,8-11,13H2,1-3H3,(H,19,20)(H,21,23). The average Bonchev–Trinajstić information content (AvgIpc) is 2.61. The maximum atomic E-state index is 11.1. The molecule has 25 heavy (non-hydrogen) atoms. The fraction of sp³-hybridized carbons (Fsp3) is 0.556. The summed E-state index contributed by atoms with van der Waals surface area (Å²) < 4.78 is 5.76. The smallest absolute Gasteiger partial charge is 0.221 e. The Labute approximate surface area is 154 Å². The third-order valence-corrected chi connectivity index (χ3v) is 5.29. The number of ether oxygens (including phenoxy) is 1. The lowest BCUT2D eigenvalue weighted by atomic mass is 10.3. The molecule has 6 nitrogen and oxygen atoms in total. The molecule has 0 radical (unpaired) electrons. The van der Waals surface area contributed by atoms with Crippen molar-refractivity contribution in [3.05, 3.63) is 24.3 Å². The van der Waals surface area contributed by atoms with Gasteiger partial charge in [0, 0.05) is 49.8 Å². The van der Waals surface area contributed by atoms with Gasteiger partial charge in [0.1, 0.15) is 12.4 Å². The van der Waals surface area contributed by atoms with Crippen molar-refractivity contribution in [1.82, 2.24) is 10.2 Å². The van der Waals surface area contributed by atoms with E-state index in [0.29, 0.717) is 18.4 Å². The lowest BCUT2D eigenvalue weighted by molar-refractivity contribution is -0.114. The molecule has 0 aliphatic carbocycles. The number of amides is 1. The van der Waals surface area contributed by atoms with Crippen molar-refractivity contribution in [2.75, 3.05) is 44.4 Å². The highest BCUT2D eigenvalue weighted by atomic mass is 32.2. The molecular formula is C18H28N4O2S. The molecule has 0 spiro atoms. The van der Waals surface area contributed by atoms with E-state index in [-0.39, 0.29) is 5.91 Å². The van der Waals surface area contributed by atoms with Crippen LogP contribution >= 0.6 is 11.8 Å². The van der Waals surface area contributed by atoms with Gasteiger partial charge in [0.25, 0.3) is 0 Å². The highest BCUT2D eigenvalue weighted by Crippen LogP contribution is 2.21. The predicted molar refractivity (Wildman–Crippen MR) is 106 cm³/mol. The topological polar surface area (TPSA) is 66.0 Å². The van der Waals surface area contributed by atoms with Crippen LogP contribution in [0.2, 0.25) is 0 Å². The van der Waals surface area contributed by atoms with Gasteiger partial charge in [0.2, 0.25) is 5.91 Å². The van der Waals surface area contributed by atoms with Crippen molar-refractivity contribution in [1.29, 1.82) is 0 Å². The van der Waals surface area contributed by atoms with Gasteiger partial charge in [0.05, 0.1) is 6.54 Å². The summed E-state index contributed by atoms with van der Waals surface area (Å²) in [5, 5.41) is 6.81. The number of hydrogen-bond donors (Lipinski definition) is 2. The summed E-state index contributed by atoms with van der Waals surface area (Å²) >= 11 is 2.05. The van der Waals surface area contributed by atoms with Crippen molar-refractivity contribution in [2.24, 2.45) is 4.99 Å². The molecule has 1 aliphatic rings. The van der Waals surface area contributed by atoms with Gasteiger partial charge in [-0.15, -0.1) is 0 Å². The summed E-state index contributed by atoms with van der Waals surface area (Å²) in [6, 6.07) is 7.41. The van der Waals surface area contributed by atoms with Crippen LogP contribution in [0.5, 0.6) is 5.75 Å². The second-order valence-electron chi connectivity index (χ2n) is 5.88. The highest BCUT2D eigenvalue weighted by Gasteiger charge is 2.21. The van der Waals surface area contributed by atoms with Gasteiger partial charge in [-0.1, -0.05) is 13.0 Å². The third-order valence-electron chi connectivity index (χ3n) is 3.91. The van der Waals surface area contributed by atoms with Crippen LogP contribution in [0.25, 0.3) is 0 Å². The fourth-order valence-corrected chi connectivity index (χ4v) is 3.87. The summed E-state index contributed by atoms with van der Waals surface area (Å²) in [7, 11) is 1.82. The first-order valence-corrected chi connectivity index (χ1v) is 9.75. The van der Waals surface area contributed by atoms with E-state index in [1.807, 2.05) is 43.1 Å². The molecule has 1 aliphatic heterocycles. The van der Waals surface area contributed by atoms with Gasteiger partial charge in [-0.3, -0.25) is 9.79 Å². The zero-order valence-electron chi connectivity index (χ0n) is 15.2. The Balaban J connectivity index is 1.77. The van der Waals surface area contributed by atoms with Gasteiger partial charge in [0.15, 0.2) is 5.96 Å². The molecule has 1 amide bonds. The average molecular weight is 365 g/mol. The zero-order chi connectivity index (χ0) is 18.1. The number of hydrogen-bond acceptors (Lipinski definition) is 4. The summed E-state index contributed by atoms with van der Waals surface area (Å²) in [4.78, 5) is 17.8. The molecule has 1 fully saturated rings. The van der Waals surface area contributed by atoms with Crippen LogP contribution in [0.15, 0.2) is 29.3 Å². The normalized spacial score (nSPS) is 18.0. The first kappa shape index (κ1) is 19.4. The Morgan fingerprint density at radius 3 is 3.04 bits per heavy atom. The van der Waals surface area contributed by atoms with Gasteiger partial charge in [-0.05, 0) is 18.6 Å². The van der Waals surface area contributed by atoms with E-state index in [2.05, 4.69) is 27.4 Å². The maximum Gasteiger partial charge on any atom is 0.221 e. The molecular weight excluding hydrogens is 336 g/mol. The number of rotatable bonds is 6. The van der Waals surface area contributed by atoms with E-state index >= 15 is 0 Å². The van der Waals surface area contributed by atoms with Crippen molar-refractivity contribution < 1.29 is 9.53 Å². The number of nitrogens with one attached hydrogen (secondary N) is 2. The number of carbonyl (C=O) groups excluding carboxylic acids is 1. The molecule has 1 atom stereocenters. The molecule has 1 heterocycles. The van der Waals surface area contributed by atoms with Crippen LogP contribution in [0.1, 0.15) is 20.3 Å². The van der Waals surface area contributed by atoms with E-state index in [0.717, 1.165) is 36.2 Å². The van der Waals surface area contributed by atoms with Crippen molar-refractivity contribution in [3.63, 3.8) is 0 Å². The second kappa shape index (κ2) is 10.2. The maximum absolute atomic E-state index is 11.1. The number of nitrogens with zero attached hydrogens (tertiary/aromatic N) is 2. The summed E-state index contributed by atoms with van der Waals surface area (Å²) in [5.41, 5.74) is 0.741. The lowest BCUT2D eigenvalue weighted by Crippen LogP contribution is -2.48. The van der Waals surface area contributed by atoms with Crippen LogP contribution in [-0.2, 0) is 4.79 Å². The first-order chi connectivity index (χ1) is 12.1. The van der Waals surface area contributed by atoms with E-state index in [1.54, 1.807) is 0 Å². The molecule has 138 valence electrons. The number of guanidine groups is 1. The van der Waals surface area contributed by atoms with Gasteiger partial charge >= 0.3 is 0 Å². The van der Waals surface area contributed by atoms with E-state index in [4.69, 9.17) is 4.74 Å². The quantitative estimate of drug-likeness (QED) is 0.461. The Kier molecular flexibility index (Phi) is 7.91. The number of aliphatic imine (C=N–C) groups is 1. The highest BCUT2D eigenvalue weighted by molar-refractivity contribution is 8.00. The molecule has 0 saturated carbocycles. The Morgan fingerprint density at radius 1 is 1.48 bits per heavy atom. The monoisotopic (exact) mass is 364 g/mol. The number of thioether (sulfide) groups is 1. The summed E-state index contributed by atoms with van der Waals surface area (Å²) in [5.74, 6) is 2.73. The molecule has 2 N–H and O–H groups in total. The molecule has 7 heteroatoms. The SMILES string of the molecule is CCC1CN(C(=NC)NCCOc2cccc(NC(C)=O)c2)CCS1. The van der Waals surface area contributed by atoms with Crippen LogP contribution in [0.3, 0.4) is 0 Å². The van der Waals surface area contributed by atoms with Crippen LogP contribution in [-0.4, -0.2) is 61.1 Å². The predicted octanol–water partition coefficient (Wildman–Crippen LogP) is 2.43. The molecule has 0 aromatic heterocycles. The van der Waals surface area contributed by atoms with Gasteiger partial charge < -0.3 is 20.3 Å². The summed E-state index contributed by atoms with van der Waals surface area (Å²) in [6.45, 7) is 7.01. The second-order valence-corrected chi connectivity index (χ2v) is 7.29. The minimum absolute atomic E-state index is 0.0901. The van der Waals surface area contributed by atoms with Crippen molar-refractivity contribution >= 4 is 29.3 Å². The molecule has 0 bridgehead atoms. The first-order valence-electron chi connectivity index (χ1n) is 8.70. The summed E-state index contributed by atoms with van der Waals surface area (Å²) in [6.07, 6.45) is 1.19. The fourth-order valence-electron chi connectivity index (χ4n) is 2.69. The minimum atomic E-state index is -0.0901. The Hall–Kier alpha value is -1.89. The zero-order valence-corrected chi connectivity index (χ0v) is 16.1. The van der Waals surface area contributed by atoms with E-state index < -0.39 is 0 Å². The van der Waals surface area contributed by atoms with E-state index in [1.165, 1.54) is 13.3 Å². The molecule has 1 aromatic carbocycles. The van der Waals surface area contributed by atoms with Gasteiger partial charge in [-0.25, -0.2) is 0 Å². The van der Waals surface area contributed by atoms with Crippen LogP contribution < -0.4 is 15.4 Å². The van der Waals surface area contributed by atoms with Gasteiger partial charge in [-0.2, -0.15) is 11.8 Å². The molecule has 1 unspecified atom stereocenters. The van der Waals surface area contributed by atoms with E-state index in [9.17, 15) is 4.79 Å². The number of benzene rings is 1. The lowest BCUT2D eigenvalue weighted by Gasteiger charge is -2.34.